The second-order valence-electron chi connectivity index (χ2n) is 3.07. The van der Waals surface area contributed by atoms with Crippen molar-refractivity contribution in [3.05, 3.63) is 27.9 Å². The fourth-order valence-electron chi connectivity index (χ4n) is 1.20. The second-order valence-corrected chi connectivity index (χ2v) is 4.13. The summed E-state index contributed by atoms with van der Waals surface area (Å²) in [6.45, 7) is 0.471. The number of hydrogen-bond acceptors (Lipinski definition) is 5. The maximum absolute atomic E-state index is 11.5. The molecular weight excluding hydrogens is 214 g/mol. The van der Waals surface area contributed by atoms with Crippen LogP contribution in [0.2, 0.25) is 0 Å². The standard InChI is InChI=1S/C8H11N5OS/c1-9-7-11-10-6(15-7)5-13-4-3-12(2)8(13)14/h3-4H,5H2,1-2H3,(H,9,11). The van der Waals surface area contributed by atoms with Crippen LogP contribution in [0.5, 0.6) is 0 Å². The first-order valence-electron chi connectivity index (χ1n) is 4.42. The van der Waals surface area contributed by atoms with E-state index in [0.717, 1.165) is 10.1 Å². The van der Waals surface area contributed by atoms with Crippen LogP contribution in [0.1, 0.15) is 5.01 Å². The SMILES string of the molecule is CNc1nnc(Cn2ccn(C)c2=O)s1. The highest BCUT2D eigenvalue weighted by atomic mass is 32.1. The molecule has 0 aliphatic carbocycles. The minimum Gasteiger partial charge on any atom is -0.363 e. The van der Waals surface area contributed by atoms with Crippen LogP contribution in [0.3, 0.4) is 0 Å². The van der Waals surface area contributed by atoms with Crippen molar-refractivity contribution in [2.45, 2.75) is 6.54 Å². The minimum absolute atomic E-state index is 0.0452. The fourth-order valence-corrected chi connectivity index (χ4v) is 1.89. The molecule has 0 saturated heterocycles. The molecule has 0 fully saturated rings. The first-order chi connectivity index (χ1) is 7.20. The normalized spacial score (nSPS) is 10.5. The van der Waals surface area contributed by atoms with Crippen molar-refractivity contribution in [1.82, 2.24) is 19.3 Å². The molecule has 0 aliphatic rings. The van der Waals surface area contributed by atoms with Crippen LogP contribution in [-0.2, 0) is 13.6 Å². The average Bonchev–Trinajstić information content (AvgIpc) is 2.80. The van der Waals surface area contributed by atoms with Crippen molar-refractivity contribution in [3.63, 3.8) is 0 Å². The molecule has 7 heteroatoms. The van der Waals surface area contributed by atoms with Gasteiger partial charge < -0.3 is 9.88 Å². The van der Waals surface area contributed by atoms with Gasteiger partial charge in [0.25, 0.3) is 0 Å². The number of anilines is 1. The Morgan fingerprint density at radius 3 is 2.80 bits per heavy atom. The van der Waals surface area contributed by atoms with E-state index < -0.39 is 0 Å². The van der Waals surface area contributed by atoms with E-state index in [1.165, 1.54) is 15.9 Å². The summed E-state index contributed by atoms with van der Waals surface area (Å²) in [6.07, 6.45) is 3.46. The topological polar surface area (TPSA) is 64.7 Å². The van der Waals surface area contributed by atoms with Crippen LogP contribution in [0.15, 0.2) is 17.2 Å². The number of aryl methyl sites for hydroxylation is 1. The Morgan fingerprint density at radius 1 is 1.47 bits per heavy atom. The lowest BCUT2D eigenvalue weighted by Gasteiger charge is -1.94. The lowest BCUT2D eigenvalue weighted by molar-refractivity contribution is 0.708. The molecule has 2 aromatic heterocycles. The van der Waals surface area contributed by atoms with Crippen molar-refractivity contribution >= 4 is 16.5 Å². The van der Waals surface area contributed by atoms with Crippen molar-refractivity contribution in [3.8, 4) is 0 Å². The molecule has 0 atom stereocenters. The summed E-state index contributed by atoms with van der Waals surface area (Å²) in [5, 5.41) is 12.3. The predicted molar refractivity (Wildman–Crippen MR) is 58.2 cm³/mol. The lowest BCUT2D eigenvalue weighted by atomic mass is 10.6. The molecule has 2 aromatic rings. The summed E-state index contributed by atoms with van der Waals surface area (Å²) in [4.78, 5) is 11.5. The molecule has 0 amide bonds. The first-order valence-corrected chi connectivity index (χ1v) is 5.24. The molecule has 0 aromatic carbocycles. The van der Waals surface area contributed by atoms with Gasteiger partial charge in [0.2, 0.25) is 5.13 Å². The van der Waals surface area contributed by atoms with Crippen molar-refractivity contribution in [2.75, 3.05) is 12.4 Å². The maximum atomic E-state index is 11.5. The van der Waals surface area contributed by atoms with E-state index in [4.69, 9.17) is 0 Å². The van der Waals surface area contributed by atoms with Gasteiger partial charge >= 0.3 is 5.69 Å². The Hall–Kier alpha value is -1.63. The summed E-state index contributed by atoms with van der Waals surface area (Å²) in [6, 6.07) is 0. The number of nitrogens with zero attached hydrogens (tertiary/aromatic N) is 4. The van der Waals surface area contributed by atoms with E-state index in [-0.39, 0.29) is 5.69 Å². The zero-order chi connectivity index (χ0) is 10.8. The zero-order valence-electron chi connectivity index (χ0n) is 8.47. The van der Waals surface area contributed by atoms with E-state index in [1.807, 2.05) is 0 Å². The molecule has 2 rings (SSSR count). The van der Waals surface area contributed by atoms with Crippen LogP contribution in [0.4, 0.5) is 5.13 Å². The summed E-state index contributed by atoms with van der Waals surface area (Å²) in [5.41, 5.74) is -0.0452. The van der Waals surface area contributed by atoms with E-state index in [0.29, 0.717) is 6.54 Å². The third-order valence-electron chi connectivity index (χ3n) is 2.00. The largest absolute Gasteiger partial charge is 0.363 e. The Labute approximate surface area is 90.2 Å². The number of nitrogens with one attached hydrogen (secondary N) is 1. The summed E-state index contributed by atoms with van der Waals surface area (Å²) < 4.78 is 3.12. The second kappa shape index (κ2) is 3.85. The van der Waals surface area contributed by atoms with Gasteiger partial charge in [-0.25, -0.2) is 4.79 Å². The molecule has 6 nitrogen and oxygen atoms in total. The molecule has 0 saturated carbocycles. The van der Waals surface area contributed by atoms with Gasteiger partial charge in [-0.05, 0) is 0 Å². The molecule has 80 valence electrons. The lowest BCUT2D eigenvalue weighted by Crippen LogP contribution is -2.22. The van der Waals surface area contributed by atoms with Crippen LogP contribution in [0.25, 0.3) is 0 Å². The molecule has 1 N–H and O–H groups in total. The van der Waals surface area contributed by atoms with Gasteiger partial charge in [-0.3, -0.25) is 4.57 Å². The van der Waals surface area contributed by atoms with E-state index in [2.05, 4.69) is 15.5 Å². The van der Waals surface area contributed by atoms with Crippen LogP contribution in [-0.4, -0.2) is 26.4 Å². The summed E-state index contributed by atoms with van der Waals surface area (Å²) in [5.74, 6) is 0. The Balaban J connectivity index is 2.22. The molecule has 0 radical (unpaired) electrons. The molecule has 15 heavy (non-hydrogen) atoms. The highest BCUT2D eigenvalue weighted by Crippen LogP contribution is 2.14. The van der Waals surface area contributed by atoms with Gasteiger partial charge in [-0.2, -0.15) is 0 Å². The zero-order valence-corrected chi connectivity index (χ0v) is 9.28. The number of rotatable bonds is 3. The van der Waals surface area contributed by atoms with Gasteiger partial charge in [0.15, 0.2) is 0 Å². The number of aromatic nitrogens is 4. The number of imidazole rings is 1. The van der Waals surface area contributed by atoms with Crippen molar-refractivity contribution in [1.29, 1.82) is 0 Å². The van der Waals surface area contributed by atoms with Gasteiger partial charge in [-0.15, -0.1) is 10.2 Å². The average molecular weight is 225 g/mol. The Kier molecular flexibility index (Phi) is 2.55. The van der Waals surface area contributed by atoms with Gasteiger partial charge in [0.05, 0.1) is 6.54 Å². The quantitative estimate of drug-likeness (QED) is 0.806. The van der Waals surface area contributed by atoms with E-state index >= 15 is 0 Å². The monoisotopic (exact) mass is 225 g/mol. The highest BCUT2D eigenvalue weighted by Gasteiger charge is 2.05. The maximum Gasteiger partial charge on any atom is 0.328 e. The molecule has 0 spiro atoms. The van der Waals surface area contributed by atoms with Crippen LogP contribution >= 0.6 is 11.3 Å². The predicted octanol–water partition coefficient (Wildman–Crippen LogP) is 0.128. The third-order valence-corrected chi connectivity index (χ3v) is 2.93. The van der Waals surface area contributed by atoms with Gasteiger partial charge in [0.1, 0.15) is 5.01 Å². The van der Waals surface area contributed by atoms with E-state index in [1.54, 1.807) is 31.1 Å². The highest BCUT2D eigenvalue weighted by molar-refractivity contribution is 7.15. The van der Waals surface area contributed by atoms with Crippen LogP contribution < -0.4 is 11.0 Å². The molecule has 0 bridgehead atoms. The Bertz CT molecular complexity index is 511. The molecule has 0 unspecified atom stereocenters. The summed E-state index contributed by atoms with van der Waals surface area (Å²) in [7, 11) is 3.51. The van der Waals surface area contributed by atoms with Crippen LogP contribution in [0, 0.1) is 0 Å². The summed E-state index contributed by atoms with van der Waals surface area (Å²) >= 11 is 1.44. The van der Waals surface area contributed by atoms with Crippen molar-refractivity contribution in [2.24, 2.45) is 7.05 Å². The van der Waals surface area contributed by atoms with Gasteiger partial charge in [-0.1, -0.05) is 11.3 Å². The van der Waals surface area contributed by atoms with Crippen molar-refractivity contribution < 1.29 is 0 Å². The van der Waals surface area contributed by atoms with Gasteiger partial charge in [0, 0.05) is 26.5 Å². The third kappa shape index (κ3) is 1.91. The number of hydrogen-bond donors (Lipinski definition) is 1. The fraction of sp³-hybridized carbons (Fsp3) is 0.375. The van der Waals surface area contributed by atoms with E-state index in [9.17, 15) is 4.79 Å². The first kappa shape index (κ1) is 9.91. The minimum atomic E-state index is -0.0452. The smallest absolute Gasteiger partial charge is 0.328 e. The molecular formula is C8H11N5OS. The molecule has 0 aliphatic heterocycles. The molecule has 2 heterocycles. The Morgan fingerprint density at radius 2 is 2.27 bits per heavy atom.